The van der Waals surface area contributed by atoms with Crippen molar-refractivity contribution in [2.75, 3.05) is 32.7 Å². The summed E-state index contributed by atoms with van der Waals surface area (Å²) in [5, 5.41) is 15.8. The van der Waals surface area contributed by atoms with E-state index in [9.17, 15) is 14.7 Å². The predicted octanol–water partition coefficient (Wildman–Crippen LogP) is 0.408. The standard InChI is InChI=1S/C15H22N6O3/c22-13(20-10-7-16-8-11-20)19-15(12-17-5-3-6-18-12)4-1-2-9-21(15)14(23)24/h3,5-6,16H,1-2,4,7-11H2,(H,19,22)(H,23,24). The first kappa shape index (κ1) is 16.4. The summed E-state index contributed by atoms with van der Waals surface area (Å²) >= 11 is 0. The van der Waals surface area contributed by atoms with Gasteiger partial charge in [0.2, 0.25) is 0 Å². The van der Waals surface area contributed by atoms with E-state index in [4.69, 9.17) is 0 Å². The van der Waals surface area contributed by atoms with Crippen LogP contribution in [0.5, 0.6) is 0 Å². The summed E-state index contributed by atoms with van der Waals surface area (Å²) in [7, 11) is 0. The lowest BCUT2D eigenvalue weighted by Crippen LogP contribution is -2.65. The number of nitrogens with one attached hydrogen (secondary N) is 2. The summed E-state index contributed by atoms with van der Waals surface area (Å²) < 4.78 is 0. The van der Waals surface area contributed by atoms with Crippen LogP contribution in [-0.2, 0) is 5.66 Å². The molecular weight excluding hydrogens is 312 g/mol. The average Bonchev–Trinajstić information content (AvgIpc) is 2.63. The van der Waals surface area contributed by atoms with Crippen LogP contribution in [0, 0.1) is 0 Å². The van der Waals surface area contributed by atoms with Crippen LogP contribution >= 0.6 is 0 Å². The van der Waals surface area contributed by atoms with Crippen LogP contribution in [0.3, 0.4) is 0 Å². The minimum atomic E-state index is -1.21. The second-order valence-electron chi connectivity index (χ2n) is 5.99. The number of piperidine rings is 1. The second kappa shape index (κ2) is 7.00. The third kappa shape index (κ3) is 3.12. The molecule has 130 valence electrons. The number of likely N-dealkylation sites (tertiary alicyclic amines) is 1. The van der Waals surface area contributed by atoms with Gasteiger partial charge in [0.05, 0.1) is 0 Å². The Bertz CT molecular complexity index is 592. The Kier molecular flexibility index (Phi) is 4.79. The Labute approximate surface area is 140 Å². The van der Waals surface area contributed by atoms with Crippen LogP contribution < -0.4 is 10.6 Å². The first-order valence-corrected chi connectivity index (χ1v) is 8.19. The zero-order valence-corrected chi connectivity index (χ0v) is 13.4. The number of aromatic nitrogens is 2. The molecule has 0 aliphatic carbocycles. The molecule has 2 fully saturated rings. The van der Waals surface area contributed by atoms with Crippen molar-refractivity contribution in [2.24, 2.45) is 0 Å². The van der Waals surface area contributed by atoms with E-state index in [1.807, 2.05) is 0 Å². The van der Waals surface area contributed by atoms with Gasteiger partial charge in [-0.2, -0.15) is 0 Å². The Morgan fingerprint density at radius 1 is 1.17 bits per heavy atom. The molecule has 0 spiro atoms. The molecule has 1 atom stereocenters. The van der Waals surface area contributed by atoms with Gasteiger partial charge in [0.1, 0.15) is 0 Å². The van der Waals surface area contributed by atoms with Gasteiger partial charge in [-0.05, 0) is 25.3 Å². The van der Waals surface area contributed by atoms with Crippen molar-refractivity contribution in [3.8, 4) is 0 Å². The molecule has 24 heavy (non-hydrogen) atoms. The highest BCUT2D eigenvalue weighted by molar-refractivity contribution is 5.76. The van der Waals surface area contributed by atoms with E-state index in [2.05, 4.69) is 20.6 Å². The van der Waals surface area contributed by atoms with Gasteiger partial charge in [0, 0.05) is 45.1 Å². The molecule has 3 amide bonds. The molecule has 0 radical (unpaired) electrons. The number of carbonyl (C=O) groups excluding carboxylic acids is 1. The third-order valence-corrected chi connectivity index (χ3v) is 4.52. The number of hydrogen-bond acceptors (Lipinski definition) is 5. The Morgan fingerprint density at radius 3 is 2.54 bits per heavy atom. The molecule has 2 aliphatic heterocycles. The van der Waals surface area contributed by atoms with E-state index in [1.54, 1.807) is 23.4 Å². The molecule has 9 heteroatoms. The number of carbonyl (C=O) groups is 2. The van der Waals surface area contributed by atoms with Gasteiger partial charge in [0.25, 0.3) is 0 Å². The fraction of sp³-hybridized carbons (Fsp3) is 0.600. The van der Waals surface area contributed by atoms with Gasteiger partial charge >= 0.3 is 12.1 Å². The van der Waals surface area contributed by atoms with Crippen molar-refractivity contribution >= 4 is 12.1 Å². The molecule has 0 bridgehead atoms. The summed E-state index contributed by atoms with van der Waals surface area (Å²) in [6.45, 7) is 2.97. The van der Waals surface area contributed by atoms with Crippen LogP contribution in [0.25, 0.3) is 0 Å². The van der Waals surface area contributed by atoms with Crippen LogP contribution in [0.4, 0.5) is 9.59 Å². The summed E-state index contributed by atoms with van der Waals surface area (Å²) in [6, 6.07) is 1.39. The molecule has 1 unspecified atom stereocenters. The number of nitrogens with zero attached hydrogens (tertiary/aromatic N) is 4. The molecule has 3 rings (SSSR count). The van der Waals surface area contributed by atoms with Gasteiger partial charge in [-0.15, -0.1) is 0 Å². The molecule has 0 saturated carbocycles. The van der Waals surface area contributed by atoms with E-state index in [1.165, 1.54) is 4.90 Å². The molecule has 0 aromatic carbocycles. The quantitative estimate of drug-likeness (QED) is 0.722. The van der Waals surface area contributed by atoms with Gasteiger partial charge in [-0.1, -0.05) is 0 Å². The highest BCUT2D eigenvalue weighted by Gasteiger charge is 2.47. The largest absolute Gasteiger partial charge is 0.465 e. The fourth-order valence-electron chi connectivity index (χ4n) is 3.29. The minimum Gasteiger partial charge on any atom is -0.465 e. The van der Waals surface area contributed by atoms with Crippen molar-refractivity contribution in [3.63, 3.8) is 0 Å². The Hall–Kier alpha value is -2.42. The van der Waals surface area contributed by atoms with Gasteiger partial charge in [-0.3, -0.25) is 4.90 Å². The fourth-order valence-corrected chi connectivity index (χ4v) is 3.29. The molecule has 1 aromatic heterocycles. The monoisotopic (exact) mass is 334 g/mol. The zero-order valence-electron chi connectivity index (χ0n) is 13.4. The predicted molar refractivity (Wildman–Crippen MR) is 85.3 cm³/mol. The van der Waals surface area contributed by atoms with Crippen LogP contribution in [0.1, 0.15) is 25.1 Å². The molecular formula is C15H22N6O3. The number of carboxylic acid groups (broad SMARTS) is 1. The summed E-state index contributed by atoms with van der Waals surface area (Å²) in [5.74, 6) is 0.315. The molecule has 2 aliphatic rings. The maximum Gasteiger partial charge on any atom is 0.409 e. The van der Waals surface area contributed by atoms with Crippen molar-refractivity contribution < 1.29 is 14.7 Å². The Balaban J connectivity index is 1.92. The number of urea groups is 1. The van der Waals surface area contributed by atoms with Gasteiger partial charge in [-0.25, -0.2) is 19.6 Å². The first-order valence-electron chi connectivity index (χ1n) is 8.19. The normalized spacial score (nSPS) is 24.5. The van der Waals surface area contributed by atoms with Crippen LogP contribution in [0.15, 0.2) is 18.5 Å². The van der Waals surface area contributed by atoms with Gasteiger partial charge < -0.3 is 20.6 Å². The van der Waals surface area contributed by atoms with E-state index < -0.39 is 11.8 Å². The summed E-state index contributed by atoms with van der Waals surface area (Å²) in [4.78, 5) is 36.0. The van der Waals surface area contributed by atoms with E-state index >= 15 is 0 Å². The highest BCUT2D eigenvalue weighted by Crippen LogP contribution is 2.33. The summed E-state index contributed by atoms with van der Waals surface area (Å²) in [6.07, 6.45) is 4.06. The van der Waals surface area contributed by atoms with Crippen LogP contribution in [0.2, 0.25) is 0 Å². The molecule has 3 heterocycles. The molecule has 1 aromatic rings. The smallest absolute Gasteiger partial charge is 0.409 e. The van der Waals surface area contributed by atoms with Crippen LogP contribution in [-0.4, -0.2) is 69.7 Å². The minimum absolute atomic E-state index is 0.280. The van der Waals surface area contributed by atoms with E-state index in [0.29, 0.717) is 31.9 Å². The first-order chi connectivity index (χ1) is 11.6. The molecule has 3 N–H and O–H groups in total. The van der Waals surface area contributed by atoms with Crippen molar-refractivity contribution in [3.05, 3.63) is 24.3 Å². The highest BCUT2D eigenvalue weighted by atomic mass is 16.4. The Morgan fingerprint density at radius 2 is 1.88 bits per heavy atom. The summed E-state index contributed by atoms with van der Waals surface area (Å²) in [5.41, 5.74) is -1.21. The van der Waals surface area contributed by atoms with Gasteiger partial charge in [0.15, 0.2) is 11.5 Å². The molecule has 9 nitrogen and oxygen atoms in total. The molecule has 2 saturated heterocycles. The van der Waals surface area contributed by atoms with Crippen molar-refractivity contribution in [1.29, 1.82) is 0 Å². The second-order valence-corrected chi connectivity index (χ2v) is 5.99. The average molecular weight is 334 g/mol. The number of hydrogen-bond donors (Lipinski definition) is 3. The topological polar surface area (TPSA) is 111 Å². The van der Waals surface area contributed by atoms with Crippen molar-refractivity contribution in [2.45, 2.75) is 24.9 Å². The SMILES string of the molecule is O=C(NC1(c2ncccn2)CCCCN1C(=O)O)N1CCNCC1. The number of amides is 3. The van der Waals surface area contributed by atoms with E-state index in [0.717, 1.165) is 25.9 Å². The lowest BCUT2D eigenvalue weighted by molar-refractivity contribution is 0.0188. The third-order valence-electron chi connectivity index (χ3n) is 4.52. The lowest BCUT2D eigenvalue weighted by atomic mass is 9.94. The van der Waals surface area contributed by atoms with Crippen molar-refractivity contribution in [1.82, 2.24) is 30.4 Å². The van der Waals surface area contributed by atoms with E-state index in [-0.39, 0.29) is 6.03 Å². The number of rotatable bonds is 2. The maximum absolute atomic E-state index is 12.7. The lowest BCUT2D eigenvalue weighted by Gasteiger charge is -2.45. The zero-order chi connectivity index (χ0) is 17.0. The number of piperazine rings is 1. The maximum atomic E-state index is 12.7.